The fourth-order valence-corrected chi connectivity index (χ4v) is 3.24. The molecule has 1 N–H and O–H groups in total. The van der Waals surface area contributed by atoms with Crippen LogP contribution in [0.25, 0.3) is 11.1 Å². The molecule has 138 valence electrons. The number of nitrogens with zero attached hydrogens (tertiary/aromatic N) is 3. The number of alkyl halides is 1. The molecule has 26 heavy (non-hydrogen) atoms. The molecule has 6 heteroatoms. The molecule has 0 radical (unpaired) electrons. The van der Waals surface area contributed by atoms with E-state index in [9.17, 15) is 4.39 Å². The summed E-state index contributed by atoms with van der Waals surface area (Å²) in [6.07, 6.45) is 1.47. The number of pyridine rings is 1. The SMILES string of the molecule is C=N[C@H](CF)[C@H](OC)c1ccc(-c2ccc(N3CCNCC3)nc2)cc1. The van der Waals surface area contributed by atoms with Crippen molar-refractivity contribution >= 4 is 12.5 Å². The fraction of sp³-hybridized carbons (Fsp3) is 0.400. The normalized spacial score (nSPS) is 16.9. The Morgan fingerprint density at radius 3 is 2.42 bits per heavy atom. The predicted octanol–water partition coefficient (Wildman–Crippen LogP) is 2.88. The van der Waals surface area contributed by atoms with E-state index >= 15 is 0 Å². The van der Waals surface area contributed by atoms with Gasteiger partial charge in [0.05, 0.1) is 0 Å². The van der Waals surface area contributed by atoms with Crippen LogP contribution < -0.4 is 10.2 Å². The highest BCUT2D eigenvalue weighted by Gasteiger charge is 2.21. The fourth-order valence-electron chi connectivity index (χ4n) is 3.24. The van der Waals surface area contributed by atoms with E-state index in [4.69, 9.17) is 4.74 Å². The molecule has 1 aliphatic heterocycles. The van der Waals surface area contributed by atoms with Gasteiger partial charge in [-0.25, -0.2) is 9.37 Å². The molecule has 1 saturated heterocycles. The lowest BCUT2D eigenvalue weighted by Gasteiger charge is -2.28. The van der Waals surface area contributed by atoms with E-state index in [-0.39, 0.29) is 0 Å². The van der Waals surface area contributed by atoms with E-state index in [0.717, 1.165) is 48.7 Å². The van der Waals surface area contributed by atoms with Crippen molar-refractivity contribution < 1.29 is 9.13 Å². The zero-order chi connectivity index (χ0) is 18.4. The zero-order valence-electron chi connectivity index (χ0n) is 15.1. The topological polar surface area (TPSA) is 49.8 Å². The molecule has 2 atom stereocenters. The first-order chi connectivity index (χ1) is 12.8. The number of rotatable bonds is 7. The third-order valence-electron chi connectivity index (χ3n) is 4.76. The van der Waals surface area contributed by atoms with Gasteiger partial charge in [-0.2, -0.15) is 0 Å². The Morgan fingerprint density at radius 1 is 1.19 bits per heavy atom. The molecule has 0 amide bonds. The Morgan fingerprint density at radius 2 is 1.88 bits per heavy atom. The summed E-state index contributed by atoms with van der Waals surface area (Å²) in [5, 5.41) is 3.34. The average molecular weight is 356 g/mol. The molecular formula is C20H25FN4O. The van der Waals surface area contributed by atoms with Gasteiger partial charge < -0.3 is 15.0 Å². The summed E-state index contributed by atoms with van der Waals surface area (Å²) in [6.45, 7) is 6.80. The second-order valence-electron chi connectivity index (χ2n) is 6.32. The van der Waals surface area contributed by atoms with Crippen molar-refractivity contribution in [1.29, 1.82) is 0 Å². The van der Waals surface area contributed by atoms with E-state index in [1.54, 1.807) is 7.11 Å². The van der Waals surface area contributed by atoms with Crippen LogP contribution in [0.1, 0.15) is 11.7 Å². The second-order valence-corrected chi connectivity index (χ2v) is 6.32. The summed E-state index contributed by atoms with van der Waals surface area (Å²) < 4.78 is 18.5. The second kappa shape index (κ2) is 8.87. The first-order valence-corrected chi connectivity index (χ1v) is 8.83. The Bertz CT molecular complexity index is 699. The first kappa shape index (κ1) is 18.5. The molecule has 5 nitrogen and oxygen atoms in total. The molecular weight excluding hydrogens is 331 g/mol. The number of benzene rings is 1. The van der Waals surface area contributed by atoms with Gasteiger partial charge in [0.15, 0.2) is 0 Å². The maximum absolute atomic E-state index is 13.1. The van der Waals surface area contributed by atoms with Crippen molar-refractivity contribution in [3.05, 3.63) is 48.2 Å². The lowest BCUT2D eigenvalue weighted by Crippen LogP contribution is -2.43. The van der Waals surface area contributed by atoms with E-state index in [0.29, 0.717) is 0 Å². The molecule has 1 aromatic heterocycles. The standard InChI is InChI=1S/C20H25FN4O/c1-22-18(13-21)20(26-2)16-5-3-15(4-6-16)17-7-8-19(24-14-17)25-11-9-23-10-12-25/h3-8,14,18,20,23H,1,9-13H2,2H3/t18-,20-/m1/s1. The molecule has 1 aromatic carbocycles. The van der Waals surface area contributed by atoms with Crippen molar-refractivity contribution in [3.8, 4) is 11.1 Å². The molecule has 2 heterocycles. The summed E-state index contributed by atoms with van der Waals surface area (Å²) in [4.78, 5) is 10.7. The maximum atomic E-state index is 13.1. The minimum Gasteiger partial charge on any atom is -0.374 e. The molecule has 3 rings (SSSR count). The van der Waals surface area contributed by atoms with E-state index in [1.807, 2.05) is 30.5 Å². The lowest BCUT2D eigenvalue weighted by molar-refractivity contribution is 0.0732. The summed E-state index contributed by atoms with van der Waals surface area (Å²) in [7, 11) is 1.56. The van der Waals surface area contributed by atoms with Crippen LogP contribution in [0.15, 0.2) is 47.6 Å². The van der Waals surface area contributed by atoms with Gasteiger partial charge in [-0.15, -0.1) is 0 Å². The van der Waals surface area contributed by atoms with E-state index in [1.165, 1.54) is 0 Å². The molecule has 0 spiro atoms. The van der Waals surface area contributed by atoms with Gasteiger partial charge in [0.1, 0.15) is 24.6 Å². The van der Waals surface area contributed by atoms with Gasteiger partial charge in [-0.1, -0.05) is 24.3 Å². The van der Waals surface area contributed by atoms with Gasteiger partial charge in [0, 0.05) is 45.0 Å². The Kier molecular flexibility index (Phi) is 6.30. The monoisotopic (exact) mass is 356 g/mol. The molecule has 0 unspecified atom stereocenters. The Balaban J connectivity index is 1.74. The van der Waals surface area contributed by atoms with E-state index in [2.05, 4.69) is 39.0 Å². The molecule has 1 fully saturated rings. The van der Waals surface area contributed by atoms with Crippen molar-refractivity contribution in [3.63, 3.8) is 0 Å². The number of methoxy groups -OCH3 is 1. The molecule has 1 aliphatic rings. The number of aliphatic imine (C=N–C) groups is 1. The summed E-state index contributed by atoms with van der Waals surface area (Å²) in [5.74, 6) is 1.01. The molecule has 2 aromatic rings. The minimum atomic E-state index is -0.596. The number of ether oxygens (including phenoxy) is 1. The van der Waals surface area contributed by atoms with Gasteiger partial charge in [-0.3, -0.25) is 4.99 Å². The van der Waals surface area contributed by atoms with Gasteiger partial charge in [0.25, 0.3) is 0 Å². The zero-order valence-corrected chi connectivity index (χ0v) is 15.1. The third kappa shape index (κ3) is 4.08. The third-order valence-corrected chi connectivity index (χ3v) is 4.76. The van der Waals surface area contributed by atoms with Gasteiger partial charge >= 0.3 is 0 Å². The Labute approximate surface area is 153 Å². The summed E-state index contributed by atoms with van der Waals surface area (Å²) >= 11 is 0. The number of aromatic nitrogens is 1. The van der Waals surface area contributed by atoms with Crippen molar-refractivity contribution in [2.75, 3.05) is 44.9 Å². The van der Waals surface area contributed by atoms with Crippen LogP contribution in [-0.2, 0) is 4.74 Å². The predicted molar refractivity (Wildman–Crippen MR) is 104 cm³/mol. The van der Waals surface area contributed by atoms with Crippen LogP contribution in [-0.4, -0.2) is 57.7 Å². The van der Waals surface area contributed by atoms with Crippen LogP contribution in [0.5, 0.6) is 0 Å². The smallest absolute Gasteiger partial charge is 0.128 e. The van der Waals surface area contributed by atoms with Crippen molar-refractivity contribution in [2.45, 2.75) is 12.1 Å². The van der Waals surface area contributed by atoms with Gasteiger partial charge in [-0.05, 0) is 30.0 Å². The van der Waals surface area contributed by atoms with Crippen LogP contribution in [0.4, 0.5) is 10.2 Å². The highest BCUT2D eigenvalue weighted by Crippen LogP contribution is 2.27. The number of nitrogens with one attached hydrogen (secondary N) is 1. The lowest BCUT2D eigenvalue weighted by atomic mass is 9.99. The molecule has 0 aliphatic carbocycles. The summed E-state index contributed by atoms with van der Waals surface area (Å²) in [6, 6.07) is 11.5. The van der Waals surface area contributed by atoms with Gasteiger partial charge in [0.2, 0.25) is 0 Å². The first-order valence-electron chi connectivity index (χ1n) is 8.83. The number of hydrogen-bond donors (Lipinski definition) is 1. The number of anilines is 1. The number of halogens is 1. The van der Waals surface area contributed by atoms with Crippen LogP contribution in [0.2, 0.25) is 0 Å². The summed E-state index contributed by atoms with van der Waals surface area (Å²) in [5.41, 5.74) is 3.00. The highest BCUT2D eigenvalue weighted by atomic mass is 19.1. The molecule has 0 saturated carbocycles. The quantitative estimate of drug-likeness (QED) is 0.775. The maximum Gasteiger partial charge on any atom is 0.128 e. The Hall–Kier alpha value is -2.31. The number of piperazine rings is 1. The van der Waals surface area contributed by atoms with E-state index < -0.39 is 18.8 Å². The van der Waals surface area contributed by atoms with Crippen LogP contribution in [0, 0.1) is 0 Å². The minimum absolute atomic E-state index is 0.431. The highest BCUT2D eigenvalue weighted by molar-refractivity contribution is 5.64. The van der Waals surface area contributed by atoms with Crippen LogP contribution in [0.3, 0.4) is 0 Å². The van der Waals surface area contributed by atoms with Crippen molar-refractivity contribution in [2.24, 2.45) is 4.99 Å². The average Bonchev–Trinajstić information content (AvgIpc) is 2.73. The van der Waals surface area contributed by atoms with Crippen molar-refractivity contribution in [1.82, 2.24) is 10.3 Å². The molecule has 0 bridgehead atoms. The number of hydrogen-bond acceptors (Lipinski definition) is 5. The van der Waals surface area contributed by atoms with Crippen LogP contribution >= 0.6 is 0 Å². The largest absolute Gasteiger partial charge is 0.374 e.